The van der Waals surface area contributed by atoms with Crippen molar-refractivity contribution in [1.29, 1.82) is 0 Å². The number of benzene rings is 3. The second-order valence-corrected chi connectivity index (χ2v) is 7.81. The standard InChI is InChI=1S/C23H21Cl2N/c1-16-12-13-17(15-26(16)23-21(24)10-5-11-22(23)25)14-19-8-4-7-18-6-2-3-9-20(18)19/h2-11,17H,1,12-15H2. The Morgan fingerprint density at radius 3 is 2.42 bits per heavy atom. The molecule has 1 unspecified atom stereocenters. The molecule has 0 spiro atoms. The molecule has 3 aromatic carbocycles. The molecule has 0 radical (unpaired) electrons. The van der Waals surface area contributed by atoms with Gasteiger partial charge in [-0.1, -0.05) is 78.3 Å². The maximum absolute atomic E-state index is 6.45. The van der Waals surface area contributed by atoms with Crippen molar-refractivity contribution in [3.8, 4) is 0 Å². The minimum Gasteiger partial charge on any atom is -0.343 e. The summed E-state index contributed by atoms with van der Waals surface area (Å²) in [6, 6.07) is 20.9. The molecule has 132 valence electrons. The van der Waals surface area contributed by atoms with Crippen molar-refractivity contribution >= 4 is 39.7 Å². The number of nitrogens with zero attached hydrogens (tertiary/aromatic N) is 1. The maximum Gasteiger partial charge on any atom is 0.0786 e. The van der Waals surface area contributed by atoms with Crippen molar-refractivity contribution in [2.24, 2.45) is 5.92 Å². The molecular formula is C23H21Cl2N. The minimum atomic E-state index is 0.540. The van der Waals surface area contributed by atoms with Gasteiger partial charge in [-0.15, -0.1) is 0 Å². The lowest BCUT2D eigenvalue weighted by atomic mass is 9.88. The molecule has 0 aromatic heterocycles. The third kappa shape index (κ3) is 3.34. The first kappa shape index (κ1) is 17.5. The zero-order valence-corrected chi connectivity index (χ0v) is 16.1. The Bertz CT molecular complexity index is 938. The minimum absolute atomic E-state index is 0.540. The number of halogens is 2. The maximum atomic E-state index is 6.45. The fourth-order valence-electron chi connectivity index (χ4n) is 3.93. The molecule has 1 atom stereocenters. The van der Waals surface area contributed by atoms with Gasteiger partial charge < -0.3 is 4.90 Å². The van der Waals surface area contributed by atoms with Gasteiger partial charge in [0.2, 0.25) is 0 Å². The summed E-state index contributed by atoms with van der Waals surface area (Å²) < 4.78 is 0. The van der Waals surface area contributed by atoms with Gasteiger partial charge in [0, 0.05) is 12.2 Å². The second-order valence-electron chi connectivity index (χ2n) is 6.99. The molecule has 0 N–H and O–H groups in total. The number of piperidine rings is 1. The molecule has 1 fully saturated rings. The van der Waals surface area contributed by atoms with E-state index in [1.54, 1.807) is 0 Å². The van der Waals surface area contributed by atoms with Crippen LogP contribution in [0.3, 0.4) is 0 Å². The number of allylic oxidation sites excluding steroid dienone is 1. The van der Waals surface area contributed by atoms with Crippen LogP contribution < -0.4 is 4.90 Å². The Morgan fingerprint density at radius 2 is 1.62 bits per heavy atom. The number of rotatable bonds is 3. The van der Waals surface area contributed by atoms with Gasteiger partial charge in [-0.05, 0) is 53.6 Å². The quantitative estimate of drug-likeness (QED) is 0.466. The molecule has 0 saturated carbocycles. The molecule has 1 saturated heterocycles. The smallest absolute Gasteiger partial charge is 0.0786 e. The fourth-order valence-corrected chi connectivity index (χ4v) is 4.53. The molecule has 1 heterocycles. The summed E-state index contributed by atoms with van der Waals surface area (Å²) >= 11 is 12.9. The topological polar surface area (TPSA) is 3.24 Å². The van der Waals surface area contributed by atoms with Gasteiger partial charge in [0.25, 0.3) is 0 Å². The first-order valence-electron chi connectivity index (χ1n) is 8.99. The number of anilines is 1. The summed E-state index contributed by atoms with van der Waals surface area (Å²) in [4.78, 5) is 2.21. The molecule has 0 bridgehead atoms. The monoisotopic (exact) mass is 381 g/mol. The van der Waals surface area contributed by atoms with Crippen molar-refractivity contribution in [2.75, 3.05) is 11.4 Å². The largest absolute Gasteiger partial charge is 0.343 e. The van der Waals surface area contributed by atoms with Crippen molar-refractivity contribution in [2.45, 2.75) is 19.3 Å². The fraction of sp³-hybridized carbons (Fsp3) is 0.217. The molecule has 1 nitrogen and oxygen atoms in total. The van der Waals surface area contributed by atoms with Crippen LogP contribution in [0.2, 0.25) is 10.0 Å². The van der Waals surface area contributed by atoms with E-state index in [0.717, 1.165) is 37.2 Å². The predicted molar refractivity (Wildman–Crippen MR) is 113 cm³/mol. The van der Waals surface area contributed by atoms with Crippen molar-refractivity contribution in [3.63, 3.8) is 0 Å². The lowest BCUT2D eigenvalue weighted by Crippen LogP contribution is -2.34. The molecular weight excluding hydrogens is 361 g/mol. The van der Waals surface area contributed by atoms with Crippen LogP contribution in [0.15, 0.2) is 72.9 Å². The van der Waals surface area contributed by atoms with Crippen LogP contribution in [0.4, 0.5) is 5.69 Å². The van der Waals surface area contributed by atoms with Crippen LogP contribution in [-0.4, -0.2) is 6.54 Å². The Morgan fingerprint density at radius 1 is 0.923 bits per heavy atom. The van der Waals surface area contributed by atoms with Crippen LogP contribution in [0.1, 0.15) is 18.4 Å². The predicted octanol–water partition coefficient (Wildman–Crippen LogP) is 7.12. The van der Waals surface area contributed by atoms with E-state index in [1.807, 2.05) is 18.2 Å². The van der Waals surface area contributed by atoms with Crippen molar-refractivity contribution in [1.82, 2.24) is 0 Å². The Labute approximate surface area is 164 Å². The van der Waals surface area contributed by atoms with E-state index in [2.05, 4.69) is 53.9 Å². The third-order valence-electron chi connectivity index (χ3n) is 5.26. The average molecular weight is 382 g/mol. The highest BCUT2D eigenvalue weighted by Gasteiger charge is 2.26. The Hall–Kier alpha value is -1.96. The summed E-state index contributed by atoms with van der Waals surface area (Å²) in [5.41, 5.74) is 3.39. The summed E-state index contributed by atoms with van der Waals surface area (Å²) in [5, 5.41) is 4.02. The molecule has 0 aliphatic carbocycles. The first-order valence-corrected chi connectivity index (χ1v) is 9.75. The van der Waals surface area contributed by atoms with Crippen LogP contribution in [-0.2, 0) is 6.42 Å². The normalized spacial score (nSPS) is 17.7. The molecule has 1 aliphatic rings. The molecule has 1 aliphatic heterocycles. The average Bonchev–Trinajstić information content (AvgIpc) is 2.64. The van der Waals surface area contributed by atoms with Gasteiger partial charge in [0.05, 0.1) is 15.7 Å². The molecule has 4 rings (SSSR count). The highest BCUT2D eigenvalue weighted by molar-refractivity contribution is 6.39. The third-order valence-corrected chi connectivity index (χ3v) is 5.87. The Balaban J connectivity index is 1.62. The number of hydrogen-bond donors (Lipinski definition) is 0. The highest BCUT2D eigenvalue weighted by Crippen LogP contribution is 2.39. The molecule has 0 amide bonds. The van der Waals surface area contributed by atoms with Gasteiger partial charge >= 0.3 is 0 Å². The van der Waals surface area contributed by atoms with E-state index < -0.39 is 0 Å². The summed E-state index contributed by atoms with van der Waals surface area (Å²) in [7, 11) is 0. The van der Waals surface area contributed by atoms with Gasteiger partial charge in [-0.2, -0.15) is 0 Å². The van der Waals surface area contributed by atoms with Crippen LogP contribution in [0, 0.1) is 5.92 Å². The SMILES string of the molecule is C=C1CCC(Cc2cccc3ccccc23)CN1c1c(Cl)cccc1Cl. The summed E-state index contributed by atoms with van der Waals surface area (Å²) in [6.45, 7) is 5.15. The highest BCUT2D eigenvalue weighted by atomic mass is 35.5. The van der Waals surface area contributed by atoms with Gasteiger partial charge in [0.1, 0.15) is 0 Å². The first-order chi connectivity index (χ1) is 12.6. The summed E-state index contributed by atoms with van der Waals surface area (Å²) in [6.07, 6.45) is 3.16. The zero-order chi connectivity index (χ0) is 18.1. The zero-order valence-electron chi connectivity index (χ0n) is 14.6. The van der Waals surface area contributed by atoms with Crippen LogP contribution in [0.5, 0.6) is 0 Å². The van der Waals surface area contributed by atoms with E-state index in [-0.39, 0.29) is 0 Å². The lowest BCUT2D eigenvalue weighted by molar-refractivity contribution is 0.446. The van der Waals surface area contributed by atoms with Gasteiger partial charge in [-0.25, -0.2) is 0 Å². The summed E-state index contributed by atoms with van der Waals surface area (Å²) in [5.74, 6) is 0.540. The van der Waals surface area contributed by atoms with Crippen molar-refractivity contribution < 1.29 is 0 Å². The van der Waals surface area contributed by atoms with E-state index in [1.165, 1.54) is 16.3 Å². The molecule has 3 heteroatoms. The number of fused-ring (bicyclic) bond motifs is 1. The van der Waals surface area contributed by atoms with Gasteiger partial charge in [-0.3, -0.25) is 0 Å². The van der Waals surface area contributed by atoms with Crippen LogP contribution >= 0.6 is 23.2 Å². The lowest BCUT2D eigenvalue weighted by Gasteiger charge is -2.37. The van der Waals surface area contributed by atoms with E-state index in [9.17, 15) is 0 Å². The van der Waals surface area contributed by atoms with E-state index in [0.29, 0.717) is 16.0 Å². The second kappa shape index (κ2) is 7.34. The van der Waals surface area contributed by atoms with Crippen molar-refractivity contribution in [3.05, 3.63) is 88.5 Å². The van der Waals surface area contributed by atoms with Gasteiger partial charge in [0.15, 0.2) is 0 Å². The Kier molecular flexibility index (Phi) is 4.93. The van der Waals surface area contributed by atoms with Crippen LogP contribution in [0.25, 0.3) is 10.8 Å². The number of hydrogen-bond acceptors (Lipinski definition) is 1. The molecule has 26 heavy (non-hydrogen) atoms. The van der Waals surface area contributed by atoms with E-state index >= 15 is 0 Å². The number of para-hydroxylation sites is 1. The van der Waals surface area contributed by atoms with E-state index in [4.69, 9.17) is 23.2 Å². The molecule has 3 aromatic rings.